The highest BCUT2D eigenvalue weighted by Gasteiger charge is 2.24. The molecule has 1 aromatic heterocycles. The standard InChI is InChI=1S/C12H20N4O/c1-16-11(6-7-15-16)8-14-10-4-2-9(3-5-10)12(13)17/h6-7,9-10,14H,2-5,8H2,1H3,(H2,13,17). The minimum Gasteiger partial charge on any atom is -0.369 e. The van der Waals surface area contributed by atoms with Crippen molar-refractivity contribution in [3.8, 4) is 0 Å². The fourth-order valence-electron chi connectivity index (χ4n) is 2.41. The van der Waals surface area contributed by atoms with Crippen LogP contribution >= 0.6 is 0 Å². The van der Waals surface area contributed by atoms with Gasteiger partial charge >= 0.3 is 0 Å². The summed E-state index contributed by atoms with van der Waals surface area (Å²) in [4.78, 5) is 11.0. The fourth-order valence-corrected chi connectivity index (χ4v) is 2.41. The van der Waals surface area contributed by atoms with Crippen molar-refractivity contribution in [3.63, 3.8) is 0 Å². The molecule has 1 fully saturated rings. The minimum absolute atomic E-state index is 0.0877. The lowest BCUT2D eigenvalue weighted by molar-refractivity contribution is -0.122. The molecule has 0 saturated heterocycles. The quantitative estimate of drug-likeness (QED) is 0.802. The molecule has 0 aliphatic heterocycles. The molecule has 0 aromatic carbocycles. The summed E-state index contributed by atoms with van der Waals surface area (Å²) in [7, 11) is 1.95. The van der Waals surface area contributed by atoms with Crippen LogP contribution in [0.2, 0.25) is 0 Å². The first-order chi connectivity index (χ1) is 8.16. The van der Waals surface area contributed by atoms with Crippen molar-refractivity contribution in [3.05, 3.63) is 18.0 Å². The maximum absolute atomic E-state index is 11.0. The van der Waals surface area contributed by atoms with Crippen LogP contribution in [-0.4, -0.2) is 21.7 Å². The van der Waals surface area contributed by atoms with Crippen molar-refractivity contribution < 1.29 is 4.79 Å². The molecule has 17 heavy (non-hydrogen) atoms. The Labute approximate surface area is 101 Å². The Hall–Kier alpha value is -1.36. The predicted molar refractivity (Wildman–Crippen MR) is 65.0 cm³/mol. The van der Waals surface area contributed by atoms with Crippen molar-refractivity contribution in [2.45, 2.75) is 38.3 Å². The number of aromatic nitrogens is 2. The summed E-state index contributed by atoms with van der Waals surface area (Å²) in [6.07, 6.45) is 5.70. The molecule has 1 aliphatic rings. The van der Waals surface area contributed by atoms with E-state index in [2.05, 4.69) is 10.4 Å². The van der Waals surface area contributed by atoms with E-state index in [1.54, 1.807) is 6.20 Å². The molecule has 1 saturated carbocycles. The lowest BCUT2D eigenvalue weighted by atomic mass is 9.85. The molecule has 0 unspecified atom stereocenters. The van der Waals surface area contributed by atoms with Crippen LogP contribution in [0.15, 0.2) is 12.3 Å². The van der Waals surface area contributed by atoms with E-state index in [9.17, 15) is 4.79 Å². The SMILES string of the molecule is Cn1nccc1CNC1CCC(C(N)=O)CC1. The van der Waals surface area contributed by atoms with E-state index in [-0.39, 0.29) is 11.8 Å². The van der Waals surface area contributed by atoms with Crippen LogP contribution in [-0.2, 0) is 18.4 Å². The number of carbonyl (C=O) groups excluding carboxylic acids is 1. The highest BCUT2D eigenvalue weighted by Crippen LogP contribution is 2.24. The number of primary amides is 1. The fraction of sp³-hybridized carbons (Fsp3) is 0.667. The molecule has 1 heterocycles. The zero-order valence-corrected chi connectivity index (χ0v) is 10.2. The van der Waals surface area contributed by atoms with Crippen LogP contribution < -0.4 is 11.1 Å². The van der Waals surface area contributed by atoms with E-state index < -0.39 is 0 Å². The second kappa shape index (κ2) is 5.31. The molecule has 94 valence electrons. The summed E-state index contributed by atoms with van der Waals surface area (Å²) in [6.45, 7) is 0.836. The van der Waals surface area contributed by atoms with Gasteiger partial charge in [-0.05, 0) is 31.7 Å². The smallest absolute Gasteiger partial charge is 0.220 e. The second-order valence-corrected chi connectivity index (χ2v) is 4.78. The first-order valence-electron chi connectivity index (χ1n) is 6.16. The van der Waals surface area contributed by atoms with Gasteiger partial charge in [-0.25, -0.2) is 0 Å². The molecule has 1 amide bonds. The van der Waals surface area contributed by atoms with E-state index in [1.807, 2.05) is 17.8 Å². The van der Waals surface area contributed by atoms with Crippen LogP contribution in [0.1, 0.15) is 31.4 Å². The number of nitrogens with two attached hydrogens (primary N) is 1. The van der Waals surface area contributed by atoms with Crippen molar-refractivity contribution in [2.75, 3.05) is 0 Å². The van der Waals surface area contributed by atoms with Gasteiger partial charge in [-0.2, -0.15) is 5.10 Å². The maximum Gasteiger partial charge on any atom is 0.220 e. The number of nitrogens with zero attached hydrogens (tertiary/aromatic N) is 2. The maximum atomic E-state index is 11.0. The zero-order valence-electron chi connectivity index (χ0n) is 10.2. The van der Waals surface area contributed by atoms with E-state index in [0.29, 0.717) is 6.04 Å². The third-order valence-corrected chi connectivity index (χ3v) is 3.62. The van der Waals surface area contributed by atoms with Gasteiger partial charge in [-0.1, -0.05) is 0 Å². The molecule has 0 bridgehead atoms. The first kappa shape index (κ1) is 12.1. The summed E-state index contributed by atoms with van der Waals surface area (Å²) in [5.41, 5.74) is 6.50. The Balaban J connectivity index is 1.75. The minimum atomic E-state index is -0.143. The van der Waals surface area contributed by atoms with Gasteiger partial charge in [0.25, 0.3) is 0 Å². The summed E-state index contributed by atoms with van der Waals surface area (Å²) >= 11 is 0. The highest BCUT2D eigenvalue weighted by atomic mass is 16.1. The molecule has 0 spiro atoms. The van der Waals surface area contributed by atoms with Crippen molar-refractivity contribution in [1.82, 2.24) is 15.1 Å². The summed E-state index contributed by atoms with van der Waals surface area (Å²) in [5.74, 6) is -0.0557. The van der Waals surface area contributed by atoms with Gasteiger partial charge in [0.05, 0.1) is 5.69 Å². The molecule has 1 aromatic rings. The number of hydrogen-bond acceptors (Lipinski definition) is 3. The summed E-state index contributed by atoms with van der Waals surface area (Å²) in [5, 5.41) is 7.64. The van der Waals surface area contributed by atoms with Gasteiger partial charge in [0.1, 0.15) is 0 Å². The van der Waals surface area contributed by atoms with E-state index in [0.717, 1.165) is 32.2 Å². The monoisotopic (exact) mass is 236 g/mol. The number of carbonyl (C=O) groups is 1. The van der Waals surface area contributed by atoms with Crippen LogP contribution in [0.5, 0.6) is 0 Å². The third kappa shape index (κ3) is 3.06. The molecular formula is C12H20N4O. The van der Waals surface area contributed by atoms with Crippen molar-refractivity contribution >= 4 is 5.91 Å². The number of amides is 1. The summed E-state index contributed by atoms with van der Waals surface area (Å²) < 4.78 is 1.88. The number of hydrogen-bond donors (Lipinski definition) is 2. The molecule has 5 nitrogen and oxygen atoms in total. The summed E-state index contributed by atoms with van der Waals surface area (Å²) in [6, 6.07) is 2.52. The Kier molecular flexibility index (Phi) is 3.78. The Morgan fingerprint density at radius 2 is 2.24 bits per heavy atom. The van der Waals surface area contributed by atoms with Gasteiger partial charge in [-0.3, -0.25) is 9.48 Å². The molecular weight excluding hydrogens is 216 g/mol. The zero-order chi connectivity index (χ0) is 12.3. The molecule has 1 aliphatic carbocycles. The topological polar surface area (TPSA) is 72.9 Å². The number of rotatable bonds is 4. The molecule has 3 N–H and O–H groups in total. The van der Waals surface area contributed by atoms with Crippen LogP contribution in [0.4, 0.5) is 0 Å². The Morgan fingerprint density at radius 3 is 2.76 bits per heavy atom. The highest BCUT2D eigenvalue weighted by molar-refractivity contribution is 5.76. The molecule has 5 heteroatoms. The van der Waals surface area contributed by atoms with E-state index >= 15 is 0 Å². The lowest BCUT2D eigenvalue weighted by Crippen LogP contribution is -2.36. The Bertz CT molecular complexity index is 380. The van der Waals surface area contributed by atoms with Crippen LogP contribution in [0.3, 0.4) is 0 Å². The van der Waals surface area contributed by atoms with E-state index in [1.165, 1.54) is 5.69 Å². The average molecular weight is 236 g/mol. The van der Waals surface area contributed by atoms with Gasteiger partial charge < -0.3 is 11.1 Å². The van der Waals surface area contributed by atoms with Crippen LogP contribution in [0.25, 0.3) is 0 Å². The van der Waals surface area contributed by atoms with Gasteiger partial charge in [0.2, 0.25) is 5.91 Å². The predicted octanol–water partition coefficient (Wildman–Crippen LogP) is 0.554. The van der Waals surface area contributed by atoms with Gasteiger partial charge in [0, 0.05) is 31.7 Å². The average Bonchev–Trinajstić information content (AvgIpc) is 2.73. The second-order valence-electron chi connectivity index (χ2n) is 4.78. The van der Waals surface area contributed by atoms with Gasteiger partial charge in [0.15, 0.2) is 0 Å². The normalized spacial score (nSPS) is 24.8. The lowest BCUT2D eigenvalue weighted by Gasteiger charge is -2.27. The van der Waals surface area contributed by atoms with E-state index in [4.69, 9.17) is 5.73 Å². The molecule has 0 atom stereocenters. The third-order valence-electron chi connectivity index (χ3n) is 3.62. The Morgan fingerprint density at radius 1 is 1.53 bits per heavy atom. The number of nitrogens with one attached hydrogen (secondary N) is 1. The molecule has 2 rings (SSSR count). The first-order valence-corrected chi connectivity index (χ1v) is 6.16. The van der Waals surface area contributed by atoms with Crippen LogP contribution in [0, 0.1) is 5.92 Å². The van der Waals surface area contributed by atoms with Crippen molar-refractivity contribution in [1.29, 1.82) is 0 Å². The van der Waals surface area contributed by atoms with Gasteiger partial charge in [-0.15, -0.1) is 0 Å². The largest absolute Gasteiger partial charge is 0.369 e. The van der Waals surface area contributed by atoms with Crippen molar-refractivity contribution in [2.24, 2.45) is 18.7 Å². The number of aryl methyl sites for hydroxylation is 1. The molecule has 0 radical (unpaired) electrons.